The molecule has 0 aliphatic heterocycles. The first kappa shape index (κ1) is 12.0. The van der Waals surface area contributed by atoms with Crippen LogP contribution < -0.4 is 5.73 Å². The minimum atomic E-state index is 0.618. The molecule has 0 fully saturated rings. The van der Waals surface area contributed by atoms with Crippen molar-refractivity contribution in [3.8, 4) is 0 Å². The van der Waals surface area contributed by atoms with Gasteiger partial charge in [-0.1, -0.05) is 0 Å². The Morgan fingerprint density at radius 3 is 2.67 bits per heavy atom. The third kappa shape index (κ3) is 3.20. The third-order valence-electron chi connectivity index (χ3n) is 2.32. The van der Waals surface area contributed by atoms with Crippen molar-refractivity contribution in [3.05, 3.63) is 16.1 Å². The average molecular weight is 226 g/mol. The second-order valence-electron chi connectivity index (χ2n) is 3.21. The van der Waals surface area contributed by atoms with Gasteiger partial charge in [0.15, 0.2) is 5.96 Å². The fourth-order valence-corrected chi connectivity index (χ4v) is 1.98. The number of aromatic nitrogens is 1. The first-order valence-corrected chi connectivity index (χ1v) is 6.00. The number of guanidine groups is 1. The molecule has 0 aliphatic carbocycles. The van der Waals surface area contributed by atoms with Crippen molar-refractivity contribution in [2.24, 2.45) is 10.7 Å². The first-order valence-electron chi connectivity index (χ1n) is 5.12. The zero-order chi connectivity index (χ0) is 11.3. The molecule has 0 aromatic carbocycles. The lowest BCUT2D eigenvalue weighted by Crippen LogP contribution is -2.37. The summed E-state index contributed by atoms with van der Waals surface area (Å²) in [4.78, 5) is 11.8. The Kier molecular flexibility index (Phi) is 4.55. The fraction of sp³-hybridized carbons (Fsp3) is 0.600. The fourth-order valence-electron chi connectivity index (χ4n) is 1.28. The molecule has 0 saturated carbocycles. The monoisotopic (exact) mass is 226 g/mol. The van der Waals surface area contributed by atoms with Gasteiger partial charge in [0.1, 0.15) is 0 Å². The summed E-state index contributed by atoms with van der Waals surface area (Å²) in [6.45, 7) is 8.57. The summed E-state index contributed by atoms with van der Waals surface area (Å²) < 4.78 is 0. The van der Waals surface area contributed by atoms with Crippen LogP contribution in [0, 0.1) is 6.92 Å². The van der Waals surface area contributed by atoms with E-state index in [0.717, 1.165) is 18.8 Å². The highest BCUT2D eigenvalue weighted by Gasteiger charge is 2.03. The van der Waals surface area contributed by atoms with Crippen LogP contribution >= 0.6 is 11.3 Å². The van der Waals surface area contributed by atoms with Gasteiger partial charge in [0, 0.05) is 18.0 Å². The number of aryl methyl sites for hydroxylation is 1. The Hall–Kier alpha value is -1.10. The zero-order valence-electron chi connectivity index (χ0n) is 9.53. The minimum absolute atomic E-state index is 0.618. The number of nitrogens with two attached hydrogens (primary N) is 1. The summed E-state index contributed by atoms with van der Waals surface area (Å²) in [6, 6.07) is 0. The van der Waals surface area contributed by atoms with Gasteiger partial charge in [0.05, 0.1) is 17.7 Å². The van der Waals surface area contributed by atoms with E-state index in [0.29, 0.717) is 12.5 Å². The standard InChI is InChI=1S/C10H18N4S/c1-4-14(5-2)10(11)12-6-9-8(3)13-7-15-9/h7H,4-6H2,1-3H3,(H2,11,12). The van der Waals surface area contributed by atoms with Gasteiger partial charge >= 0.3 is 0 Å². The van der Waals surface area contributed by atoms with Gasteiger partial charge in [-0.25, -0.2) is 9.98 Å². The van der Waals surface area contributed by atoms with E-state index >= 15 is 0 Å². The van der Waals surface area contributed by atoms with Crippen LogP contribution in [0.4, 0.5) is 0 Å². The molecule has 4 nitrogen and oxygen atoms in total. The Balaban J connectivity index is 2.61. The van der Waals surface area contributed by atoms with E-state index < -0.39 is 0 Å². The largest absolute Gasteiger partial charge is 0.370 e. The number of aliphatic imine (C=N–C) groups is 1. The lowest BCUT2D eigenvalue weighted by molar-refractivity contribution is 0.458. The Bertz CT molecular complexity index is 328. The molecule has 0 aliphatic rings. The number of rotatable bonds is 4. The van der Waals surface area contributed by atoms with Crippen molar-refractivity contribution < 1.29 is 0 Å². The molecular formula is C10H18N4S. The van der Waals surface area contributed by atoms with Gasteiger partial charge < -0.3 is 10.6 Å². The maximum atomic E-state index is 5.87. The lowest BCUT2D eigenvalue weighted by Gasteiger charge is -2.19. The van der Waals surface area contributed by atoms with E-state index in [1.54, 1.807) is 11.3 Å². The molecule has 1 rings (SSSR count). The van der Waals surface area contributed by atoms with Crippen molar-refractivity contribution in [1.82, 2.24) is 9.88 Å². The Labute approximate surface area is 94.8 Å². The maximum Gasteiger partial charge on any atom is 0.191 e. The molecule has 84 valence electrons. The third-order valence-corrected chi connectivity index (χ3v) is 3.24. The van der Waals surface area contributed by atoms with Crippen LogP contribution in [-0.4, -0.2) is 28.9 Å². The summed E-state index contributed by atoms with van der Waals surface area (Å²) in [5.41, 5.74) is 8.76. The molecule has 0 radical (unpaired) electrons. The van der Waals surface area contributed by atoms with Gasteiger partial charge in [-0.2, -0.15) is 0 Å². The number of thiazole rings is 1. The molecule has 1 aromatic heterocycles. The first-order chi connectivity index (χ1) is 7.19. The topological polar surface area (TPSA) is 54.5 Å². The normalized spacial score (nSPS) is 11.8. The minimum Gasteiger partial charge on any atom is -0.370 e. The van der Waals surface area contributed by atoms with Gasteiger partial charge in [0.25, 0.3) is 0 Å². The number of nitrogens with zero attached hydrogens (tertiary/aromatic N) is 3. The van der Waals surface area contributed by atoms with Crippen molar-refractivity contribution in [1.29, 1.82) is 0 Å². The van der Waals surface area contributed by atoms with E-state index in [-0.39, 0.29) is 0 Å². The molecule has 0 unspecified atom stereocenters. The summed E-state index contributed by atoms with van der Waals surface area (Å²) >= 11 is 1.63. The van der Waals surface area contributed by atoms with Gasteiger partial charge in [-0.3, -0.25) is 0 Å². The quantitative estimate of drug-likeness (QED) is 0.627. The predicted octanol–water partition coefficient (Wildman–Crippen LogP) is 1.61. The van der Waals surface area contributed by atoms with Crippen LogP contribution in [0.1, 0.15) is 24.4 Å². The molecule has 0 spiro atoms. The molecule has 0 atom stereocenters. The SMILES string of the molecule is CCN(CC)C(N)=NCc1scnc1C. The van der Waals surface area contributed by atoms with Crippen molar-refractivity contribution in [3.63, 3.8) is 0 Å². The smallest absolute Gasteiger partial charge is 0.191 e. The second kappa shape index (κ2) is 5.70. The summed E-state index contributed by atoms with van der Waals surface area (Å²) in [5.74, 6) is 0.618. The molecule has 0 saturated heterocycles. The van der Waals surface area contributed by atoms with E-state index in [9.17, 15) is 0 Å². The maximum absolute atomic E-state index is 5.87. The molecule has 1 heterocycles. The highest BCUT2D eigenvalue weighted by atomic mass is 32.1. The van der Waals surface area contributed by atoms with Crippen LogP contribution in [-0.2, 0) is 6.54 Å². The molecule has 5 heteroatoms. The Morgan fingerprint density at radius 1 is 1.53 bits per heavy atom. The highest BCUT2D eigenvalue weighted by molar-refractivity contribution is 7.09. The van der Waals surface area contributed by atoms with E-state index in [1.165, 1.54) is 4.88 Å². The molecule has 0 bridgehead atoms. The number of hydrogen-bond acceptors (Lipinski definition) is 3. The van der Waals surface area contributed by atoms with Crippen LogP contribution in [0.3, 0.4) is 0 Å². The summed E-state index contributed by atoms with van der Waals surface area (Å²) in [7, 11) is 0. The predicted molar refractivity (Wildman–Crippen MR) is 65.1 cm³/mol. The molecule has 15 heavy (non-hydrogen) atoms. The summed E-state index contributed by atoms with van der Waals surface area (Å²) in [6.07, 6.45) is 0. The zero-order valence-corrected chi connectivity index (χ0v) is 10.3. The van der Waals surface area contributed by atoms with Crippen molar-refractivity contribution in [2.45, 2.75) is 27.3 Å². The van der Waals surface area contributed by atoms with Gasteiger partial charge in [0.2, 0.25) is 0 Å². The molecular weight excluding hydrogens is 208 g/mol. The van der Waals surface area contributed by atoms with Crippen molar-refractivity contribution >= 4 is 17.3 Å². The van der Waals surface area contributed by atoms with E-state index in [4.69, 9.17) is 5.73 Å². The lowest BCUT2D eigenvalue weighted by atomic mass is 10.4. The second-order valence-corrected chi connectivity index (χ2v) is 4.15. The van der Waals surface area contributed by atoms with Crippen LogP contribution in [0.25, 0.3) is 0 Å². The summed E-state index contributed by atoms with van der Waals surface area (Å²) in [5, 5.41) is 0. The molecule has 2 N–H and O–H groups in total. The van der Waals surface area contributed by atoms with Crippen LogP contribution in [0.2, 0.25) is 0 Å². The van der Waals surface area contributed by atoms with Crippen LogP contribution in [0.15, 0.2) is 10.5 Å². The van der Waals surface area contributed by atoms with E-state index in [2.05, 4.69) is 23.8 Å². The molecule has 0 amide bonds. The Morgan fingerprint density at radius 2 is 2.20 bits per heavy atom. The number of hydrogen-bond donors (Lipinski definition) is 1. The van der Waals surface area contributed by atoms with Gasteiger partial charge in [-0.15, -0.1) is 11.3 Å². The molecule has 1 aromatic rings. The average Bonchev–Trinajstić information content (AvgIpc) is 2.63. The van der Waals surface area contributed by atoms with Crippen molar-refractivity contribution in [2.75, 3.05) is 13.1 Å². The highest BCUT2D eigenvalue weighted by Crippen LogP contribution is 2.12. The van der Waals surface area contributed by atoms with E-state index in [1.807, 2.05) is 17.3 Å². The van der Waals surface area contributed by atoms with Gasteiger partial charge in [-0.05, 0) is 20.8 Å². The van der Waals surface area contributed by atoms with Crippen LogP contribution in [0.5, 0.6) is 0 Å².